The zero-order chi connectivity index (χ0) is 11.1. The van der Waals surface area contributed by atoms with Crippen molar-refractivity contribution < 1.29 is 0 Å². The molecule has 0 aromatic carbocycles. The molecule has 0 aromatic rings. The molecule has 2 fully saturated rings. The summed E-state index contributed by atoms with van der Waals surface area (Å²) in [5.74, 6) is 1.06. The molecule has 16 heavy (non-hydrogen) atoms. The molecule has 1 nitrogen and oxygen atoms in total. The molecule has 2 aliphatic rings. The Balaban J connectivity index is 1.56. The van der Waals surface area contributed by atoms with Crippen molar-refractivity contribution in [1.82, 2.24) is 5.32 Å². The molecule has 1 N–H and O–H groups in total. The molecule has 1 heteroatoms. The monoisotopic (exact) mass is 223 g/mol. The van der Waals surface area contributed by atoms with E-state index in [0.717, 1.165) is 12.0 Å². The first kappa shape index (κ1) is 12.4. The van der Waals surface area contributed by atoms with E-state index >= 15 is 0 Å². The van der Waals surface area contributed by atoms with E-state index in [1.807, 2.05) is 0 Å². The predicted octanol–water partition coefficient (Wildman–Crippen LogP) is 4.27. The molecule has 0 aromatic heterocycles. The van der Waals surface area contributed by atoms with Gasteiger partial charge >= 0.3 is 0 Å². The average Bonchev–Trinajstić information content (AvgIpc) is 2.73. The van der Waals surface area contributed by atoms with Crippen LogP contribution in [0.3, 0.4) is 0 Å². The van der Waals surface area contributed by atoms with E-state index in [0.29, 0.717) is 0 Å². The summed E-state index contributed by atoms with van der Waals surface area (Å²) in [7, 11) is 0. The predicted molar refractivity (Wildman–Crippen MR) is 70.7 cm³/mol. The highest BCUT2D eigenvalue weighted by Gasteiger charge is 2.15. The topological polar surface area (TPSA) is 12.0 Å². The van der Waals surface area contributed by atoms with Crippen LogP contribution in [0, 0.1) is 5.92 Å². The minimum atomic E-state index is 0.849. The van der Waals surface area contributed by atoms with Gasteiger partial charge in [-0.05, 0) is 31.7 Å². The first-order valence-corrected chi connectivity index (χ1v) is 7.68. The van der Waals surface area contributed by atoms with Crippen LogP contribution in [-0.4, -0.2) is 12.6 Å². The molecule has 0 atom stereocenters. The highest BCUT2D eigenvalue weighted by Crippen LogP contribution is 2.27. The normalized spacial score (nSPS) is 25.5. The maximum absolute atomic E-state index is 3.82. The second kappa shape index (κ2) is 7.32. The van der Waals surface area contributed by atoms with Gasteiger partial charge in [0.2, 0.25) is 0 Å². The Morgan fingerprint density at radius 2 is 1.25 bits per heavy atom. The number of rotatable bonds is 4. The van der Waals surface area contributed by atoms with Crippen LogP contribution in [0.4, 0.5) is 0 Å². The summed E-state index contributed by atoms with van der Waals surface area (Å²) in [6, 6.07) is 0.849. The lowest BCUT2D eigenvalue weighted by Gasteiger charge is -2.21. The Labute approximate surface area is 101 Å². The third-order valence-electron chi connectivity index (χ3n) is 4.57. The largest absolute Gasteiger partial charge is 0.314 e. The minimum absolute atomic E-state index is 0.849. The molecule has 0 radical (unpaired) electrons. The van der Waals surface area contributed by atoms with Crippen molar-refractivity contribution in [2.75, 3.05) is 6.54 Å². The summed E-state index contributed by atoms with van der Waals surface area (Å²) in [6.45, 7) is 1.29. The molecule has 0 amide bonds. The van der Waals surface area contributed by atoms with Crippen LogP contribution in [-0.2, 0) is 0 Å². The van der Waals surface area contributed by atoms with Gasteiger partial charge in [-0.25, -0.2) is 0 Å². The van der Waals surface area contributed by atoms with Crippen molar-refractivity contribution in [3.63, 3.8) is 0 Å². The van der Waals surface area contributed by atoms with E-state index < -0.39 is 0 Å². The molecule has 0 heterocycles. The van der Waals surface area contributed by atoms with Crippen LogP contribution in [0.1, 0.15) is 77.0 Å². The Hall–Kier alpha value is -0.0400. The lowest BCUT2D eigenvalue weighted by molar-refractivity contribution is 0.371. The molecule has 94 valence electrons. The summed E-state index contributed by atoms with van der Waals surface area (Å²) in [6.07, 6.45) is 17.7. The second-order valence-electron chi connectivity index (χ2n) is 5.94. The van der Waals surface area contributed by atoms with Crippen molar-refractivity contribution in [2.24, 2.45) is 5.92 Å². The Morgan fingerprint density at radius 1 is 0.688 bits per heavy atom. The molecule has 0 aliphatic heterocycles. The van der Waals surface area contributed by atoms with Crippen LogP contribution in [0.25, 0.3) is 0 Å². The Morgan fingerprint density at radius 3 is 1.94 bits per heavy atom. The molecular weight excluding hydrogens is 194 g/mol. The van der Waals surface area contributed by atoms with Crippen LogP contribution in [0.5, 0.6) is 0 Å². The molecule has 0 spiro atoms. The van der Waals surface area contributed by atoms with Crippen LogP contribution in [0.15, 0.2) is 0 Å². The Kier molecular flexibility index (Phi) is 5.68. The summed E-state index contributed by atoms with van der Waals surface area (Å²) in [5.41, 5.74) is 0. The second-order valence-corrected chi connectivity index (χ2v) is 5.94. The van der Waals surface area contributed by atoms with Gasteiger partial charge < -0.3 is 5.32 Å². The summed E-state index contributed by atoms with van der Waals surface area (Å²) in [5, 5.41) is 3.82. The van der Waals surface area contributed by atoms with Gasteiger partial charge in [-0.3, -0.25) is 0 Å². The van der Waals surface area contributed by atoms with Gasteiger partial charge in [0.25, 0.3) is 0 Å². The summed E-state index contributed by atoms with van der Waals surface area (Å²) >= 11 is 0. The fourth-order valence-electron chi connectivity index (χ4n) is 3.45. The molecule has 2 aliphatic carbocycles. The Bertz CT molecular complexity index is 164. The zero-order valence-corrected chi connectivity index (χ0v) is 10.8. The highest BCUT2D eigenvalue weighted by molar-refractivity contribution is 4.72. The van der Waals surface area contributed by atoms with Crippen molar-refractivity contribution in [1.29, 1.82) is 0 Å². The molecule has 2 rings (SSSR count). The summed E-state index contributed by atoms with van der Waals surface area (Å²) < 4.78 is 0. The lowest BCUT2D eigenvalue weighted by Crippen LogP contribution is -2.31. The van der Waals surface area contributed by atoms with E-state index in [4.69, 9.17) is 0 Å². The minimum Gasteiger partial charge on any atom is -0.314 e. The van der Waals surface area contributed by atoms with E-state index in [2.05, 4.69) is 5.32 Å². The average molecular weight is 223 g/mol. The number of hydrogen-bond acceptors (Lipinski definition) is 1. The molecule has 0 saturated heterocycles. The van der Waals surface area contributed by atoms with Crippen molar-refractivity contribution >= 4 is 0 Å². The quantitative estimate of drug-likeness (QED) is 0.750. The highest BCUT2D eigenvalue weighted by atomic mass is 14.9. The first-order valence-electron chi connectivity index (χ1n) is 7.68. The van der Waals surface area contributed by atoms with Gasteiger partial charge in [-0.2, -0.15) is 0 Å². The van der Waals surface area contributed by atoms with E-state index in [1.54, 1.807) is 0 Å². The van der Waals surface area contributed by atoms with Gasteiger partial charge in [-0.1, -0.05) is 57.8 Å². The van der Waals surface area contributed by atoms with Crippen LogP contribution >= 0.6 is 0 Å². The fraction of sp³-hybridized carbons (Fsp3) is 1.00. The third kappa shape index (κ3) is 4.45. The van der Waals surface area contributed by atoms with E-state index in [1.165, 1.54) is 83.6 Å². The summed E-state index contributed by atoms with van der Waals surface area (Å²) in [4.78, 5) is 0. The number of hydrogen-bond donors (Lipinski definition) is 1. The molecule has 0 unspecified atom stereocenters. The van der Waals surface area contributed by atoms with Crippen molar-refractivity contribution in [3.05, 3.63) is 0 Å². The zero-order valence-electron chi connectivity index (χ0n) is 10.8. The van der Waals surface area contributed by atoms with Crippen LogP contribution < -0.4 is 5.32 Å². The maximum atomic E-state index is 3.82. The van der Waals surface area contributed by atoms with Gasteiger partial charge in [0, 0.05) is 6.04 Å². The van der Waals surface area contributed by atoms with Gasteiger partial charge in [0.1, 0.15) is 0 Å². The molecule has 0 bridgehead atoms. The van der Waals surface area contributed by atoms with Gasteiger partial charge in [0.15, 0.2) is 0 Å². The molecular formula is C15H29N. The van der Waals surface area contributed by atoms with E-state index in [-0.39, 0.29) is 0 Å². The lowest BCUT2D eigenvalue weighted by atomic mass is 9.96. The molecule has 2 saturated carbocycles. The van der Waals surface area contributed by atoms with Gasteiger partial charge in [0.05, 0.1) is 0 Å². The fourth-order valence-corrected chi connectivity index (χ4v) is 3.45. The van der Waals surface area contributed by atoms with Crippen molar-refractivity contribution in [3.8, 4) is 0 Å². The third-order valence-corrected chi connectivity index (χ3v) is 4.57. The standard InChI is InChI=1S/C15H29N/c1-2-4-10-15(11-5-3-1)16-13-12-14-8-6-7-9-14/h14-16H,1-13H2. The number of nitrogens with one attached hydrogen (secondary N) is 1. The van der Waals surface area contributed by atoms with Gasteiger partial charge in [-0.15, -0.1) is 0 Å². The van der Waals surface area contributed by atoms with E-state index in [9.17, 15) is 0 Å². The SMILES string of the molecule is C1CCCC(NCCC2CCCC2)CCC1. The van der Waals surface area contributed by atoms with Crippen LogP contribution in [0.2, 0.25) is 0 Å². The van der Waals surface area contributed by atoms with Crippen molar-refractivity contribution in [2.45, 2.75) is 83.1 Å². The maximum Gasteiger partial charge on any atom is 0.00670 e. The smallest absolute Gasteiger partial charge is 0.00670 e. The first-order chi connectivity index (χ1) is 7.95.